The van der Waals surface area contributed by atoms with Crippen LogP contribution in [0.1, 0.15) is 19.4 Å². The normalized spacial score (nSPS) is 17.7. The Hall–Kier alpha value is -2.70. The molecule has 0 spiro atoms. The number of amides is 1. The van der Waals surface area contributed by atoms with Crippen LogP contribution in [0.3, 0.4) is 0 Å². The Balaban J connectivity index is 1.78. The lowest BCUT2D eigenvalue weighted by atomic mass is 10.0. The summed E-state index contributed by atoms with van der Waals surface area (Å²) < 4.78 is 43.1. The van der Waals surface area contributed by atoms with Crippen molar-refractivity contribution in [2.45, 2.75) is 38.5 Å². The number of methoxy groups -OCH3 is 1. The predicted molar refractivity (Wildman–Crippen MR) is 135 cm³/mol. The van der Waals surface area contributed by atoms with E-state index in [1.165, 1.54) is 19.2 Å². The maximum absolute atomic E-state index is 13.2. The van der Waals surface area contributed by atoms with E-state index >= 15 is 0 Å². The summed E-state index contributed by atoms with van der Waals surface area (Å²) in [6.07, 6.45) is -0.888. The lowest BCUT2D eigenvalue weighted by Crippen LogP contribution is -2.54. The predicted octanol–water partition coefficient (Wildman–Crippen LogP) is 1.31. The summed E-state index contributed by atoms with van der Waals surface area (Å²) >= 11 is 0. The molecule has 1 amide bonds. The van der Waals surface area contributed by atoms with Gasteiger partial charge in [-0.25, -0.2) is 0 Å². The number of rotatable bonds is 13. The van der Waals surface area contributed by atoms with Gasteiger partial charge in [0.1, 0.15) is 17.5 Å². The van der Waals surface area contributed by atoms with Crippen molar-refractivity contribution in [1.29, 1.82) is 0 Å². The number of aliphatic hydroxyl groups excluding tert-OH is 1. The van der Waals surface area contributed by atoms with E-state index in [0.717, 1.165) is 9.87 Å². The summed E-state index contributed by atoms with van der Waals surface area (Å²) in [4.78, 5) is 12.8. The van der Waals surface area contributed by atoms with Crippen LogP contribution in [0.4, 0.5) is 0 Å². The van der Waals surface area contributed by atoms with Crippen LogP contribution >= 0.6 is 0 Å². The molecule has 0 radical (unpaired) electrons. The maximum Gasteiger partial charge on any atom is 0.385 e. The van der Waals surface area contributed by atoms with Gasteiger partial charge in [0.25, 0.3) is 0 Å². The average molecular weight is 522 g/mol. The van der Waals surface area contributed by atoms with Gasteiger partial charge in [0, 0.05) is 13.1 Å². The number of hydrogen-bond acceptors (Lipinski definition) is 8. The fraction of sp³-hybridized carbons (Fsp3) is 0.480. The van der Waals surface area contributed by atoms with Gasteiger partial charge >= 0.3 is 10.3 Å². The van der Waals surface area contributed by atoms with Crippen molar-refractivity contribution in [1.82, 2.24) is 14.9 Å². The Labute approximate surface area is 212 Å². The molecule has 1 aliphatic heterocycles. The molecule has 0 unspecified atom stereocenters. The lowest BCUT2D eigenvalue weighted by molar-refractivity contribution is -0.124. The minimum absolute atomic E-state index is 0.0338. The maximum atomic E-state index is 13.2. The summed E-state index contributed by atoms with van der Waals surface area (Å²) in [5.41, 5.74) is 0.894. The molecule has 36 heavy (non-hydrogen) atoms. The quantitative estimate of drug-likeness (QED) is 0.360. The van der Waals surface area contributed by atoms with Crippen molar-refractivity contribution < 1.29 is 32.0 Å². The van der Waals surface area contributed by atoms with Crippen LogP contribution in [0, 0.1) is 5.92 Å². The number of aliphatic hydroxyl groups is 1. The molecule has 11 heteroatoms. The smallest absolute Gasteiger partial charge is 0.385 e. The molecule has 2 aromatic carbocycles. The van der Waals surface area contributed by atoms with Gasteiger partial charge in [0.2, 0.25) is 5.91 Å². The van der Waals surface area contributed by atoms with E-state index in [0.29, 0.717) is 12.2 Å². The van der Waals surface area contributed by atoms with Crippen molar-refractivity contribution in [2.75, 3.05) is 33.5 Å². The van der Waals surface area contributed by atoms with Crippen LogP contribution in [0.2, 0.25) is 0 Å². The number of nitrogens with one attached hydrogen (secondary N) is 2. The van der Waals surface area contributed by atoms with Crippen molar-refractivity contribution in [3.63, 3.8) is 0 Å². The van der Waals surface area contributed by atoms with Crippen LogP contribution in [0.15, 0.2) is 54.6 Å². The van der Waals surface area contributed by atoms with Crippen LogP contribution in [-0.4, -0.2) is 75.5 Å². The first kappa shape index (κ1) is 27.9. The summed E-state index contributed by atoms with van der Waals surface area (Å²) in [6.45, 7) is 4.10. The third kappa shape index (κ3) is 8.17. The largest absolute Gasteiger partial charge is 0.497 e. The van der Waals surface area contributed by atoms with Crippen LogP contribution in [-0.2, 0) is 26.3 Å². The lowest BCUT2D eigenvalue weighted by Gasteiger charge is -2.30. The second-order valence-corrected chi connectivity index (χ2v) is 10.6. The first-order chi connectivity index (χ1) is 17.2. The molecule has 0 aliphatic carbocycles. The Morgan fingerprint density at radius 2 is 1.81 bits per heavy atom. The molecule has 1 aliphatic rings. The van der Waals surface area contributed by atoms with Gasteiger partial charge in [0.05, 0.1) is 32.6 Å². The number of carbonyl (C=O) groups excluding carboxylic acids is 1. The number of carbonyl (C=O) groups is 1. The fourth-order valence-electron chi connectivity index (χ4n) is 3.80. The highest BCUT2D eigenvalue weighted by atomic mass is 32.2. The van der Waals surface area contributed by atoms with Crippen LogP contribution in [0.25, 0.3) is 0 Å². The van der Waals surface area contributed by atoms with Gasteiger partial charge in [-0.3, -0.25) is 10.1 Å². The first-order valence-electron chi connectivity index (χ1n) is 11.8. The van der Waals surface area contributed by atoms with E-state index in [4.69, 9.17) is 13.7 Å². The average Bonchev–Trinajstić information content (AvgIpc) is 3.39. The summed E-state index contributed by atoms with van der Waals surface area (Å²) in [5.74, 6) is 0.338. The van der Waals surface area contributed by atoms with E-state index in [9.17, 15) is 18.3 Å². The number of ether oxygens (including phenoxy) is 2. The second-order valence-electron chi connectivity index (χ2n) is 9.07. The molecule has 198 valence electrons. The zero-order valence-corrected chi connectivity index (χ0v) is 21.6. The molecule has 1 heterocycles. The Bertz CT molecular complexity index is 1060. The molecule has 2 aromatic rings. The van der Waals surface area contributed by atoms with E-state index < -0.39 is 28.5 Å². The second kappa shape index (κ2) is 13.0. The highest BCUT2D eigenvalue weighted by Gasteiger charge is 2.33. The standard InChI is InChI=1S/C25H35N3O7S/c1-18(2)14-28(36(31,32)35-21-11-9-20(33-3)10-12-21)15-24(29)22(13-19-7-5-4-6-8-19)27-25(30)23-16-34-17-26-23/h4-12,18,22-24,26,29H,13-17H2,1-3H3,(H,27,30)/t22-,23-,24+/m0/s1. The highest BCUT2D eigenvalue weighted by Crippen LogP contribution is 2.21. The molecule has 0 bridgehead atoms. The summed E-state index contributed by atoms with van der Waals surface area (Å²) in [6, 6.07) is 14.3. The molecule has 0 aromatic heterocycles. The summed E-state index contributed by atoms with van der Waals surface area (Å²) in [5, 5.41) is 17.0. The zero-order chi connectivity index (χ0) is 26.1. The van der Waals surface area contributed by atoms with Crippen molar-refractivity contribution in [3.05, 3.63) is 60.2 Å². The number of hydrogen-bond donors (Lipinski definition) is 3. The minimum Gasteiger partial charge on any atom is -0.497 e. The molecule has 1 saturated heterocycles. The Morgan fingerprint density at radius 1 is 1.14 bits per heavy atom. The Morgan fingerprint density at radius 3 is 2.39 bits per heavy atom. The monoisotopic (exact) mass is 521 g/mol. The highest BCUT2D eigenvalue weighted by molar-refractivity contribution is 7.84. The van der Waals surface area contributed by atoms with E-state index in [2.05, 4.69) is 10.6 Å². The molecule has 10 nitrogen and oxygen atoms in total. The molecule has 3 N–H and O–H groups in total. The van der Waals surface area contributed by atoms with Crippen LogP contribution < -0.4 is 19.6 Å². The van der Waals surface area contributed by atoms with Gasteiger partial charge in [0.15, 0.2) is 0 Å². The SMILES string of the molecule is COc1ccc(OS(=O)(=O)N(CC(C)C)C[C@@H](O)[C@H](Cc2ccccc2)NC(=O)[C@@H]2COCN2)cc1. The molecule has 3 atom stereocenters. The zero-order valence-electron chi connectivity index (χ0n) is 20.8. The Kier molecular flexibility index (Phi) is 10.1. The van der Waals surface area contributed by atoms with Crippen molar-refractivity contribution in [3.8, 4) is 11.5 Å². The van der Waals surface area contributed by atoms with Gasteiger partial charge in [-0.05, 0) is 42.2 Å². The van der Waals surface area contributed by atoms with Gasteiger partial charge in [-0.15, -0.1) is 0 Å². The van der Waals surface area contributed by atoms with E-state index in [1.54, 1.807) is 12.1 Å². The molecule has 3 rings (SSSR count). The molecular formula is C25H35N3O7S. The first-order valence-corrected chi connectivity index (χ1v) is 13.2. The van der Waals surface area contributed by atoms with Crippen molar-refractivity contribution in [2.24, 2.45) is 5.92 Å². The minimum atomic E-state index is -4.25. The van der Waals surface area contributed by atoms with Gasteiger partial charge in [-0.2, -0.15) is 12.7 Å². The molecule has 0 saturated carbocycles. The topological polar surface area (TPSA) is 126 Å². The third-order valence-corrected chi connectivity index (χ3v) is 6.99. The van der Waals surface area contributed by atoms with Crippen LogP contribution in [0.5, 0.6) is 11.5 Å². The van der Waals surface area contributed by atoms with Gasteiger partial charge in [-0.1, -0.05) is 44.2 Å². The fourth-order valence-corrected chi connectivity index (χ4v) is 5.08. The van der Waals surface area contributed by atoms with Crippen molar-refractivity contribution >= 4 is 16.2 Å². The van der Waals surface area contributed by atoms with E-state index in [-0.39, 0.29) is 44.0 Å². The summed E-state index contributed by atoms with van der Waals surface area (Å²) in [7, 11) is -2.74. The molecular weight excluding hydrogens is 486 g/mol. The van der Waals surface area contributed by atoms with Gasteiger partial charge < -0.3 is 24.1 Å². The number of nitrogens with zero attached hydrogens (tertiary/aromatic N) is 1. The third-order valence-electron chi connectivity index (χ3n) is 5.66. The van der Waals surface area contributed by atoms with E-state index in [1.807, 2.05) is 44.2 Å². The molecule has 1 fully saturated rings. The number of benzene rings is 2.